The minimum atomic E-state index is -0.794. The molecular formula is C14H20N2O3S. The molecule has 1 fully saturated rings. The maximum Gasteiger partial charge on any atom is 0.317 e. The Kier molecular flexibility index (Phi) is 4.32. The molecule has 1 saturated heterocycles. The van der Waals surface area contributed by atoms with Gasteiger partial charge in [-0.2, -0.15) is 0 Å². The van der Waals surface area contributed by atoms with Crippen LogP contribution in [0.3, 0.4) is 0 Å². The van der Waals surface area contributed by atoms with E-state index >= 15 is 0 Å². The van der Waals surface area contributed by atoms with Gasteiger partial charge < -0.3 is 15.3 Å². The fraction of sp³-hybridized carbons (Fsp3) is 0.571. The van der Waals surface area contributed by atoms with Crippen LogP contribution in [0.25, 0.3) is 0 Å². The predicted octanol–water partition coefficient (Wildman–Crippen LogP) is 2.48. The van der Waals surface area contributed by atoms with Gasteiger partial charge >= 0.3 is 12.0 Å². The summed E-state index contributed by atoms with van der Waals surface area (Å²) in [4.78, 5) is 26.9. The van der Waals surface area contributed by atoms with Gasteiger partial charge in [-0.1, -0.05) is 6.92 Å². The van der Waals surface area contributed by atoms with Crippen molar-refractivity contribution in [1.82, 2.24) is 10.2 Å². The highest BCUT2D eigenvalue weighted by Gasteiger charge is 2.37. The Morgan fingerprint density at radius 3 is 2.55 bits per heavy atom. The van der Waals surface area contributed by atoms with Crippen LogP contribution in [0.1, 0.15) is 29.6 Å². The molecule has 2 heterocycles. The fourth-order valence-electron chi connectivity index (χ4n) is 2.23. The quantitative estimate of drug-likeness (QED) is 0.897. The van der Waals surface area contributed by atoms with E-state index in [1.165, 1.54) is 4.88 Å². The number of carboxylic acid groups (broad SMARTS) is 1. The molecule has 2 rings (SSSR count). The van der Waals surface area contributed by atoms with Gasteiger partial charge in [-0.15, -0.1) is 11.3 Å². The molecule has 1 aliphatic rings. The fourth-order valence-corrected chi connectivity index (χ4v) is 3.11. The molecule has 2 unspecified atom stereocenters. The average molecular weight is 296 g/mol. The van der Waals surface area contributed by atoms with E-state index in [4.69, 9.17) is 5.11 Å². The number of carbonyl (C=O) groups excluding carboxylic acids is 1. The van der Waals surface area contributed by atoms with Crippen LogP contribution in [0.5, 0.6) is 0 Å². The summed E-state index contributed by atoms with van der Waals surface area (Å²) in [7, 11) is 0. The minimum absolute atomic E-state index is 0.0165. The van der Waals surface area contributed by atoms with Gasteiger partial charge in [-0.05, 0) is 26.0 Å². The molecule has 20 heavy (non-hydrogen) atoms. The van der Waals surface area contributed by atoms with Crippen LogP contribution in [-0.4, -0.2) is 35.1 Å². The van der Waals surface area contributed by atoms with E-state index in [1.807, 2.05) is 26.0 Å². The van der Waals surface area contributed by atoms with Gasteiger partial charge in [0.2, 0.25) is 0 Å². The predicted molar refractivity (Wildman–Crippen MR) is 77.9 cm³/mol. The Morgan fingerprint density at radius 1 is 1.40 bits per heavy atom. The zero-order valence-corrected chi connectivity index (χ0v) is 12.7. The second-order valence-corrected chi connectivity index (χ2v) is 6.73. The summed E-state index contributed by atoms with van der Waals surface area (Å²) in [6.45, 7) is 6.74. The molecule has 5 nitrogen and oxygen atoms in total. The number of nitrogens with one attached hydrogen (secondary N) is 1. The van der Waals surface area contributed by atoms with Crippen molar-refractivity contribution in [3.8, 4) is 0 Å². The molecule has 110 valence electrons. The largest absolute Gasteiger partial charge is 0.481 e. The molecule has 2 N–H and O–H groups in total. The second-order valence-electron chi connectivity index (χ2n) is 5.41. The molecule has 2 amide bonds. The smallest absolute Gasteiger partial charge is 0.317 e. The third kappa shape index (κ3) is 3.12. The van der Waals surface area contributed by atoms with E-state index in [0.29, 0.717) is 13.1 Å². The SMILES string of the molecule is Cc1ccc(C(C)NC(=O)N2CC(C(C)C(=O)O)C2)s1. The van der Waals surface area contributed by atoms with Crippen LogP contribution in [0.4, 0.5) is 4.79 Å². The van der Waals surface area contributed by atoms with Crippen molar-refractivity contribution in [1.29, 1.82) is 0 Å². The summed E-state index contributed by atoms with van der Waals surface area (Å²) in [6.07, 6.45) is 0. The summed E-state index contributed by atoms with van der Waals surface area (Å²) < 4.78 is 0. The summed E-state index contributed by atoms with van der Waals surface area (Å²) in [5, 5.41) is 11.9. The van der Waals surface area contributed by atoms with Crippen LogP contribution in [-0.2, 0) is 4.79 Å². The first-order valence-corrected chi connectivity index (χ1v) is 7.54. The van der Waals surface area contributed by atoms with Crippen LogP contribution in [0, 0.1) is 18.8 Å². The number of thiophene rings is 1. The molecule has 0 spiro atoms. The van der Waals surface area contributed by atoms with Crippen molar-refractivity contribution in [3.05, 3.63) is 21.9 Å². The highest BCUT2D eigenvalue weighted by Crippen LogP contribution is 2.26. The van der Waals surface area contributed by atoms with Gasteiger partial charge in [0.15, 0.2) is 0 Å². The molecule has 1 aromatic rings. The highest BCUT2D eigenvalue weighted by molar-refractivity contribution is 7.12. The van der Waals surface area contributed by atoms with Gasteiger partial charge in [-0.3, -0.25) is 4.79 Å². The summed E-state index contributed by atoms with van der Waals surface area (Å²) >= 11 is 1.67. The van der Waals surface area contributed by atoms with E-state index in [2.05, 4.69) is 5.32 Å². The minimum Gasteiger partial charge on any atom is -0.481 e. The van der Waals surface area contributed by atoms with Crippen LogP contribution < -0.4 is 5.32 Å². The number of carboxylic acids is 1. The lowest BCUT2D eigenvalue weighted by Crippen LogP contribution is -2.56. The summed E-state index contributed by atoms with van der Waals surface area (Å²) in [6, 6.07) is 3.93. The van der Waals surface area contributed by atoms with E-state index in [-0.39, 0.29) is 18.0 Å². The average Bonchev–Trinajstić information content (AvgIpc) is 2.73. The Hall–Kier alpha value is -1.56. The first-order chi connectivity index (χ1) is 9.38. The monoisotopic (exact) mass is 296 g/mol. The Morgan fingerprint density at radius 2 is 2.05 bits per heavy atom. The number of nitrogens with zero attached hydrogens (tertiary/aromatic N) is 1. The molecule has 0 aromatic carbocycles. The second kappa shape index (κ2) is 5.83. The number of rotatable bonds is 4. The number of hydrogen-bond acceptors (Lipinski definition) is 3. The van der Waals surface area contributed by atoms with Crippen molar-refractivity contribution < 1.29 is 14.7 Å². The molecule has 0 aliphatic carbocycles. The van der Waals surface area contributed by atoms with Gasteiger partial charge in [-0.25, -0.2) is 4.79 Å². The molecule has 0 saturated carbocycles. The Bertz CT molecular complexity index is 508. The first kappa shape index (κ1) is 14.8. The van der Waals surface area contributed by atoms with E-state index in [9.17, 15) is 9.59 Å². The number of hydrogen-bond donors (Lipinski definition) is 2. The van der Waals surface area contributed by atoms with Gasteiger partial charge in [0.05, 0.1) is 12.0 Å². The number of carbonyl (C=O) groups is 2. The van der Waals surface area contributed by atoms with Crippen molar-refractivity contribution in [2.24, 2.45) is 11.8 Å². The molecular weight excluding hydrogens is 276 g/mol. The topological polar surface area (TPSA) is 69.6 Å². The third-order valence-corrected chi connectivity index (χ3v) is 5.00. The van der Waals surface area contributed by atoms with E-state index < -0.39 is 11.9 Å². The number of urea groups is 1. The molecule has 1 aromatic heterocycles. The van der Waals surface area contributed by atoms with Crippen molar-refractivity contribution in [3.63, 3.8) is 0 Å². The number of aryl methyl sites for hydroxylation is 1. The zero-order valence-electron chi connectivity index (χ0n) is 11.9. The first-order valence-electron chi connectivity index (χ1n) is 6.73. The maximum atomic E-state index is 12.0. The van der Waals surface area contributed by atoms with Crippen LogP contribution in [0.2, 0.25) is 0 Å². The Balaban J connectivity index is 1.81. The normalized spacial score (nSPS) is 18.2. The summed E-state index contributed by atoms with van der Waals surface area (Å²) in [5.41, 5.74) is 0. The molecule has 6 heteroatoms. The van der Waals surface area contributed by atoms with Crippen molar-refractivity contribution >= 4 is 23.3 Å². The standard InChI is InChI=1S/C14H20N2O3S/c1-8-4-5-12(20-8)10(3)15-14(19)16-6-11(7-16)9(2)13(17)18/h4-5,9-11H,6-7H2,1-3H3,(H,15,19)(H,17,18). The van der Waals surface area contributed by atoms with E-state index in [0.717, 1.165) is 4.88 Å². The van der Waals surface area contributed by atoms with Crippen LogP contribution in [0.15, 0.2) is 12.1 Å². The van der Waals surface area contributed by atoms with Gasteiger partial charge in [0.1, 0.15) is 0 Å². The number of likely N-dealkylation sites (tertiary alicyclic amines) is 1. The lowest BCUT2D eigenvalue weighted by molar-refractivity contribution is -0.144. The molecule has 1 aliphatic heterocycles. The van der Waals surface area contributed by atoms with Crippen molar-refractivity contribution in [2.45, 2.75) is 26.8 Å². The maximum absolute atomic E-state index is 12.0. The summed E-state index contributed by atoms with van der Waals surface area (Å²) in [5.74, 6) is -1.12. The number of amides is 2. The molecule has 0 radical (unpaired) electrons. The lowest BCUT2D eigenvalue weighted by atomic mass is 9.87. The number of aliphatic carboxylic acids is 1. The lowest BCUT2D eigenvalue weighted by Gasteiger charge is -2.41. The van der Waals surface area contributed by atoms with Crippen molar-refractivity contribution in [2.75, 3.05) is 13.1 Å². The Labute approximate surface area is 122 Å². The molecule has 0 bridgehead atoms. The zero-order chi connectivity index (χ0) is 14.9. The van der Waals surface area contributed by atoms with Crippen LogP contribution >= 0.6 is 11.3 Å². The highest BCUT2D eigenvalue weighted by atomic mass is 32.1. The van der Waals surface area contributed by atoms with Gasteiger partial charge in [0, 0.05) is 28.8 Å². The third-order valence-electron chi connectivity index (χ3n) is 3.82. The van der Waals surface area contributed by atoms with E-state index in [1.54, 1.807) is 23.2 Å². The van der Waals surface area contributed by atoms with Gasteiger partial charge in [0.25, 0.3) is 0 Å². The molecule has 2 atom stereocenters.